The van der Waals surface area contributed by atoms with Crippen molar-refractivity contribution < 1.29 is 28.2 Å². The number of halogens is 2. The van der Waals surface area contributed by atoms with Crippen molar-refractivity contribution >= 4 is 45.9 Å². The summed E-state index contributed by atoms with van der Waals surface area (Å²) in [5, 5.41) is 11.1. The molecule has 2 N–H and O–H groups in total. The highest BCUT2D eigenvalue weighted by Crippen LogP contribution is 2.40. The molecule has 2 aromatic rings. The lowest BCUT2D eigenvalue weighted by Gasteiger charge is -2.19. The molecule has 0 bridgehead atoms. The number of nitrogens with one attached hydrogen (secondary N) is 2. The molecule has 1 aromatic heterocycles. The summed E-state index contributed by atoms with van der Waals surface area (Å²) in [6.07, 6.45) is 2.90. The molecule has 0 amide bonds. The number of pyridine rings is 1. The maximum atomic E-state index is 15.2. The Kier molecular flexibility index (Phi) is 8.63. The van der Waals surface area contributed by atoms with Crippen molar-refractivity contribution in [2.45, 2.75) is 52.1 Å². The average Bonchev–Trinajstić information content (AvgIpc) is 3.65. The van der Waals surface area contributed by atoms with Crippen LogP contribution >= 0.6 is 11.6 Å². The molecule has 1 fully saturated rings. The van der Waals surface area contributed by atoms with E-state index in [2.05, 4.69) is 5.32 Å². The number of carbonyl (C=O) groups excluding carboxylic acids is 3. The predicted molar refractivity (Wildman–Crippen MR) is 133 cm³/mol. The summed E-state index contributed by atoms with van der Waals surface area (Å²) in [6.45, 7) is 4.68. The zero-order valence-corrected chi connectivity index (χ0v) is 21.3. The monoisotopic (exact) mass is 521 g/mol. The third-order valence-electron chi connectivity index (χ3n) is 6.03. The number of benzene rings is 1. The van der Waals surface area contributed by atoms with Gasteiger partial charge < -0.3 is 24.8 Å². The third-order valence-corrected chi connectivity index (χ3v) is 6.39. The molecular formula is C25H29ClFN3O6. The molecule has 3 rings (SSSR count). The van der Waals surface area contributed by atoms with E-state index in [1.54, 1.807) is 11.6 Å². The molecular weight excluding hydrogens is 493 g/mol. The number of carbonyl (C=O) groups is 3. The van der Waals surface area contributed by atoms with Gasteiger partial charge in [0.25, 0.3) is 0 Å². The Balaban J connectivity index is 2.23. The zero-order chi connectivity index (χ0) is 26.7. The number of ether oxygens (including phenoxy) is 2. The molecule has 1 aliphatic carbocycles. The van der Waals surface area contributed by atoms with Crippen LogP contribution in [0.15, 0.2) is 17.1 Å². The molecule has 194 valence electrons. The highest BCUT2D eigenvalue weighted by atomic mass is 35.5. The maximum Gasteiger partial charge on any atom is 0.328 e. The van der Waals surface area contributed by atoms with Gasteiger partial charge in [0.15, 0.2) is 11.2 Å². The second kappa shape index (κ2) is 11.3. The molecule has 1 saturated carbocycles. The van der Waals surface area contributed by atoms with E-state index < -0.39 is 40.4 Å². The quantitative estimate of drug-likeness (QED) is 0.201. The second-order valence-corrected chi connectivity index (χ2v) is 9.01. The first-order valence-electron chi connectivity index (χ1n) is 11.8. The van der Waals surface area contributed by atoms with Crippen molar-refractivity contribution in [3.8, 4) is 0 Å². The number of fused-ring (bicyclic) bond motifs is 1. The number of hydrogen-bond acceptors (Lipinski definition) is 8. The van der Waals surface area contributed by atoms with E-state index in [4.69, 9.17) is 26.5 Å². The van der Waals surface area contributed by atoms with Gasteiger partial charge in [-0.3, -0.25) is 19.2 Å². The number of ketones is 1. The largest absolute Gasteiger partial charge is 0.465 e. The number of hydrogen-bond donors (Lipinski definition) is 2. The topological polar surface area (TPSA) is 128 Å². The van der Waals surface area contributed by atoms with E-state index in [0.717, 1.165) is 18.9 Å². The molecule has 11 heteroatoms. The molecule has 0 unspecified atom stereocenters. The highest BCUT2D eigenvalue weighted by Gasteiger charge is 2.40. The Morgan fingerprint density at radius 2 is 1.81 bits per heavy atom. The van der Waals surface area contributed by atoms with E-state index in [-0.39, 0.29) is 58.9 Å². The van der Waals surface area contributed by atoms with Gasteiger partial charge in [-0.15, -0.1) is 0 Å². The van der Waals surface area contributed by atoms with Gasteiger partial charge in [0, 0.05) is 30.4 Å². The van der Waals surface area contributed by atoms with Crippen molar-refractivity contribution in [3.05, 3.63) is 44.5 Å². The number of esters is 2. The summed E-state index contributed by atoms with van der Waals surface area (Å²) in [5.74, 6) is -6.23. The van der Waals surface area contributed by atoms with Gasteiger partial charge in [-0.05, 0) is 46.7 Å². The lowest BCUT2D eigenvalue weighted by atomic mass is 9.95. The molecule has 1 aromatic carbocycles. The molecule has 1 aliphatic rings. The Labute approximate surface area is 212 Å². The van der Waals surface area contributed by atoms with Gasteiger partial charge in [-0.1, -0.05) is 11.6 Å². The molecule has 1 atom stereocenters. The molecule has 9 nitrogen and oxygen atoms in total. The summed E-state index contributed by atoms with van der Waals surface area (Å²) >= 11 is 6.60. The normalized spacial score (nSPS) is 14.1. The minimum atomic E-state index is -1.99. The number of rotatable bonds is 11. The molecule has 0 radical (unpaired) electrons. The van der Waals surface area contributed by atoms with Gasteiger partial charge in [-0.2, -0.15) is 0 Å². The molecule has 0 aliphatic heterocycles. The van der Waals surface area contributed by atoms with Crippen LogP contribution in [0, 0.1) is 17.1 Å². The van der Waals surface area contributed by atoms with Crippen molar-refractivity contribution in [2.75, 3.05) is 20.3 Å². The standard InChI is InChI=1S/C25H29ClFN3O6/c1-5-35-24(33)19(25(34)36-6-2)23(32)15-11-30(13-7-8-13)21-14(22(15)31)10-16(27)18(20(21)26)17(28)9-12(3)29-4/h10-13,19,28-29H,5-9H2,1-4H3/t12-/m0/s1. The summed E-state index contributed by atoms with van der Waals surface area (Å²) in [6, 6.07) is 0.720. The van der Waals surface area contributed by atoms with Crippen LogP contribution in [0.25, 0.3) is 10.9 Å². The summed E-state index contributed by atoms with van der Waals surface area (Å²) in [5.41, 5.74) is -1.31. The van der Waals surface area contributed by atoms with Gasteiger partial charge in [-0.25, -0.2) is 4.39 Å². The maximum absolute atomic E-state index is 15.2. The Bertz CT molecular complexity index is 1270. The van der Waals surface area contributed by atoms with Crippen LogP contribution in [-0.4, -0.2) is 54.3 Å². The van der Waals surface area contributed by atoms with E-state index in [0.29, 0.717) is 0 Å². The zero-order valence-electron chi connectivity index (χ0n) is 20.6. The summed E-state index contributed by atoms with van der Waals surface area (Å²) < 4.78 is 26.6. The predicted octanol–water partition coefficient (Wildman–Crippen LogP) is 3.42. The van der Waals surface area contributed by atoms with Gasteiger partial charge in [0.05, 0.1) is 40.3 Å². The molecule has 0 spiro atoms. The Morgan fingerprint density at radius 1 is 1.22 bits per heavy atom. The van der Waals surface area contributed by atoms with Crippen LogP contribution in [0.4, 0.5) is 4.39 Å². The molecule has 36 heavy (non-hydrogen) atoms. The van der Waals surface area contributed by atoms with E-state index in [1.165, 1.54) is 20.0 Å². The molecule has 1 heterocycles. The van der Waals surface area contributed by atoms with Crippen LogP contribution in [0.1, 0.15) is 62.0 Å². The first-order chi connectivity index (χ1) is 17.1. The lowest BCUT2D eigenvalue weighted by molar-refractivity contribution is -0.158. The first kappa shape index (κ1) is 27.5. The number of aromatic nitrogens is 1. The summed E-state index contributed by atoms with van der Waals surface area (Å²) in [7, 11) is 1.72. The van der Waals surface area contributed by atoms with E-state index in [1.807, 2.05) is 6.92 Å². The third kappa shape index (κ3) is 5.34. The van der Waals surface area contributed by atoms with Crippen molar-refractivity contribution in [1.82, 2.24) is 9.88 Å². The number of Topliss-reactive ketones (excluding diaryl/α,β-unsaturated/α-hetero) is 1. The Morgan fingerprint density at radius 3 is 2.31 bits per heavy atom. The van der Waals surface area contributed by atoms with Gasteiger partial charge in [0.2, 0.25) is 5.92 Å². The minimum Gasteiger partial charge on any atom is -0.465 e. The van der Waals surface area contributed by atoms with Gasteiger partial charge >= 0.3 is 11.9 Å². The van der Waals surface area contributed by atoms with E-state index in [9.17, 15) is 19.2 Å². The lowest BCUT2D eigenvalue weighted by Crippen LogP contribution is -2.37. The van der Waals surface area contributed by atoms with Crippen molar-refractivity contribution in [2.24, 2.45) is 5.92 Å². The Hall–Kier alpha value is -3.11. The SMILES string of the molecule is CCOC(=O)C(C(=O)OCC)C(=O)c1cn(C2CC2)c2c(Cl)c(C(=N)C[C@H](C)NC)c(F)cc2c1=O. The smallest absolute Gasteiger partial charge is 0.328 e. The van der Waals surface area contributed by atoms with Crippen LogP contribution in [0.2, 0.25) is 5.02 Å². The van der Waals surface area contributed by atoms with E-state index >= 15 is 4.39 Å². The summed E-state index contributed by atoms with van der Waals surface area (Å²) in [4.78, 5) is 51.7. The average molecular weight is 522 g/mol. The fraction of sp³-hybridized carbons (Fsp3) is 0.480. The second-order valence-electron chi connectivity index (χ2n) is 8.63. The highest BCUT2D eigenvalue weighted by molar-refractivity contribution is 6.38. The first-order valence-corrected chi connectivity index (χ1v) is 12.1. The van der Waals surface area contributed by atoms with Crippen LogP contribution in [0.5, 0.6) is 0 Å². The van der Waals surface area contributed by atoms with Crippen LogP contribution in [-0.2, 0) is 19.1 Å². The number of nitrogens with zero attached hydrogens (tertiary/aromatic N) is 1. The van der Waals surface area contributed by atoms with Gasteiger partial charge in [0.1, 0.15) is 5.82 Å². The van der Waals surface area contributed by atoms with Crippen molar-refractivity contribution in [1.29, 1.82) is 5.41 Å². The molecule has 0 saturated heterocycles. The van der Waals surface area contributed by atoms with Crippen LogP contribution in [0.3, 0.4) is 0 Å². The fourth-order valence-electron chi connectivity index (χ4n) is 3.96. The van der Waals surface area contributed by atoms with Crippen molar-refractivity contribution in [3.63, 3.8) is 0 Å². The minimum absolute atomic E-state index is 0.0408. The van der Waals surface area contributed by atoms with Crippen LogP contribution < -0.4 is 10.7 Å². The fourth-order valence-corrected chi connectivity index (χ4v) is 4.37.